The van der Waals surface area contributed by atoms with E-state index in [2.05, 4.69) is 56.3 Å². The fourth-order valence-corrected chi connectivity index (χ4v) is 2.64. The molecule has 2 aromatic rings. The maximum Gasteiger partial charge on any atom is 0.00795 e. The zero-order valence-corrected chi connectivity index (χ0v) is 12.1. The van der Waals surface area contributed by atoms with E-state index in [-0.39, 0.29) is 6.04 Å². The lowest BCUT2D eigenvalue weighted by Gasteiger charge is -2.14. The summed E-state index contributed by atoms with van der Waals surface area (Å²) in [5.74, 6) is 0.782. The van der Waals surface area contributed by atoms with Crippen molar-refractivity contribution in [3.63, 3.8) is 0 Å². The zero-order valence-electron chi connectivity index (χ0n) is 12.1. The number of benzene rings is 2. The van der Waals surface area contributed by atoms with Gasteiger partial charge in [-0.25, -0.2) is 0 Å². The van der Waals surface area contributed by atoms with Crippen LogP contribution in [0.3, 0.4) is 0 Å². The number of rotatable bonds is 6. The predicted molar refractivity (Wildman–Crippen MR) is 84.3 cm³/mol. The lowest BCUT2D eigenvalue weighted by atomic mass is 9.95. The average Bonchev–Trinajstić information content (AvgIpc) is 2.39. The number of hydrogen-bond donors (Lipinski definition) is 1. The molecule has 19 heavy (non-hydrogen) atoms. The second-order valence-electron chi connectivity index (χ2n) is 5.93. The van der Waals surface area contributed by atoms with E-state index < -0.39 is 0 Å². The molecule has 0 aliphatic rings. The van der Waals surface area contributed by atoms with Crippen LogP contribution in [-0.4, -0.2) is 6.04 Å². The molecule has 1 nitrogen and oxygen atoms in total. The monoisotopic (exact) mass is 255 g/mol. The number of hydrogen-bond acceptors (Lipinski definition) is 1. The van der Waals surface area contributed by atoms with Crippen LogP contribution in [0.15, 0.2) is 42.5 Å². The minimum Gasteiger partial charge on any atom is -0.327 e. The second kappa shape index (κ2) is 6.72. The second-order valence-corrected chi connectivity index (χ2v) is 5.93. The first kappa shape index (κ1) is 14.1. The quantitative estimate of drug-likeness (QED) is 0.806. The van der Waals surface area contributed by atoms with Gasteiger partial charge < -0.3 is 5.73 Å². The lowest BCUT2D eigenvalue weighted by Crippen LogP contribution is -2.22. The molecular weight excluding hydrogens is 230 g/mol. The largest absolute Gasteiger partial charge is 0.327 e. The Morgan fingerprint density at radius 1 is 0.947 bits per heavy atom. The SMILES string of the molecule is CC(C)CCCC(N)Cc1cccc2ccccc12. The van der Waals surface area contributed by atoms with Crippen LogP contribution < -0.4 is 5.73 Å². The van der Waals surface area contributed by atoms with Crippen LogP contribution in [-0.2, 0) is 6.42 Å². The summed E-state index contributed by atoms with van der Waals surface area (Å²) in [5, 5.41) is 2.67. The van der Waals surface area contributed by atoms with Gasteiger partial charge in [0.25, 0.3) is 0 Å². The van der Waals surface area contributed by atoms with Crippen molar-refractivity contribution in [1.29, 1.82) is 0 Å². The smallest absolute Gasteiger partial charge is 0.00795 e. The summed E-state index contributed by atoms with van der Waals surface area (Å²) in [6, 6.07) is 15.4. The molecular formula is C18H25N. The fraction of sp³-hybridized carbons (Fsp3) is 0.444. The van der Waals surface area contributed by atoms with E-state index >= 15 is 0 Å². The van der Waals surface area contributed by atoms with E-state index in [9.17, 15) is 0 Å². The van der Waals surface area contributed by atoms with E-state index in [1.165, 1.54) is 29.2 Å². The van der Waals surface area contributed by atoms with Crippen molar-refractivity contribution < 1.29 is 0 Å². The van der Waals surface area contributed by atoms with Gasteiger partial charge in [-0.1, -0.05) is 69.2 Å². The molecule has 0 amide bonds. The van der Waals surface area contributed by atoms with Crippen molar-refractivity contribution >= 4 is 10.8 Å². The third-order valence-corrected chi connectivity index (χ3v) is 3.72. The van der Waals surface area contributed by atoms with Gasteiger partial charge in [-0.05, 0) is 35.1 Å². The molecule has 0 heterocycles. The molecule has 1 atom stereocenters. The van der Waals surface area contributed by atoms with Gasteiger partial charge >= 0.3 is 0 Å². The van der Waals surface area contributed by atoms with Gasteiger partial charge in [0.05, 0.1) is 0 Å². The van der Waals surface area contributed by atoms with Gasteiger partial charge in [0.2, 0.25) is 0 Å². The Balaban J connectivity index is 2.00. The van der Waals surface area contributed by atoms with Crippen molar-refractivity contribution in [2.24, 2.45) is 11.7 Å². The Labute approximate surface area is 116 Å². The molecule has 0 fully saturated rings. The van der Waals surface area contributed by atoms with Gasteiger partial charge in [0.1, 0.15) is 0 Å². The molecule has 0 spiro atoms. The fourth-order valence-electron chi connectivity index (χ4n) is 2.64. The highest BCUT2D eigenvalue weighted by Crippen LogP contribution is 2.20. The minimum atomic E-state index is 0.282. The van der Waals surface area contributed by atoms with Crippen LogP contribution >= 0.6 is 0 Å². The highest BCUT2D eigenvalue weighted by atomic mass is 14.6. The standard InChI is InChI=1S/C18H25N/c1-14(2)7-5-11-17(19)13-16-10-6-9-15-8-3-4-12-18(15)16/h3-4,6,8-10,12,14,17H,5,7,11,13,19H2,1-2H3. The Kier molecular flexibility index (Phi) is 4.98. The Hall–Kier alpha value is -1.34. The van der Waals surface area contributed by atoms with Gasteiger partial charge in [-0.15, -0.1) is 0 Å². The summed E-state index contributed by atoms with van der Waals surface area (Å²) < 4.78 is 0. The van der Waals surface area contributed by atoms with Gasteiger partial charge in [-0.3, -0.25) is 0 Å². The van der Waals surface area contributed by atoms with Crippen molar-refractivity contribution in [3.05, 3.63) is 48.0 Å². The highest BCUT2D eigenvalue weighted by molar-refractivity contribution is 5.85. The Bertz CT molecular complexity index is 511. The highest BCUT2D eigenvalue weighted by Gasteiger charge is 2.07. The summed E-state index contributed by atoms with van der Waals surface area (Å²) in [6.07, 6.45) is 4.63. The van der Waals surface area contributed by atoms with E-state index in [0.717, 1.165) is 18.8 Å². The van der Waals surface area contributed by atoms with Crippen LogP contribution in [0.2, 0.25) is 0 Å². The first-order valence-electron chi connectivity index (χ1n) is 7.39. The van der Waals surface area contributed by atoms with E-state index in [1.54, 1.807) is 0 Å². The van der Waals surface area contributed by atoms with Gasteiger partial charge in [0, 0.05) is 6.04 Å². The van der Waals surface area contributed by atoms with E-state index in [4.69, 9.17) is 5.73 Å². The summed E-state index contributed by atoms with van der Waals surface area (Å²) in [4.78, 5) is 0. The summed E-state index contributed by atoms with van der Waals surface area (Å²) in [6.45, 7) is 4.55. The summed E-state index contributed by atoms with van der Waals surface area (Å²) in [5.41, 5.74) is 7.67. The maximum atomic E-state index is 6.28. The third kappa shape index (κ3) is 4.07. The van der Waals surface area contributed by atoms with Crippen molar-refractivity contribution in [2.45, 2.75) is 45.6 Å². The Morgan fingerprint density at radius 3 is 2.47 bits per heavy atom. The third-order valence-electron chi connectivity index (χ3n) is 3.72. The van der Waals surface area contributed by atoms with Crippen molar-refractivity contribution in [2.75, 3.05) is 0 Å². The molecule has 0 aromatic heterocycles. The Morgan fingerprint density at radius 2 is 1.68 bits per heavy atom. The van der Waals surface area contributed by atoms with Gasteiger partial charge in [0.15, 0.2) is 0 Å². The molecule has 0 bridgehead atoms. The summed E-state index contributed by atoms with van der Waals surface area (Å²) >= 11 is 0. The molecule has 0 saturated carbocycles. The zero-order chi connectivity index (χ0) is 13.7. The maximum absolute atomic E-state index is 6.28. The molecule has 0 saturated heterocycles. The molecule has 1 unspecified atom stereocenters. The molecule has 2 rings (SSSR count). The number of nitrogens with two attached hydrogens (primary N) is 1. The van der Waals surface area contributed by atoms with Gasteiger partial charge in [-0.2, -0.15) is 0 Å². The van der Waals surface area contributed by atoms with Crippen LogP contribution in [0, 0.1) is 5.92 Å². The normalized spacial score (nSPS) is 13.1. The summed E-state index contributed by atoms with van der Waals surface area (Å²) in [7, 11) is 0. The topological polar surface area (TPSA) is 26.0 Å². The van der Waals surface area contributed by atoms with Crippen molar-refractivity contribution in [3.8, 4) is 0 Å². The van der Waals surface area contributed by atoms with Crippen LogP contribution in [0.4, 0.5) is 0 Å². The minimum absolute atomic E-state index is 0.282. The van der Waals surface area contributed by atoms with E-state index in [0.29, 0.717) is 0 Å². The molecule has 2 aromatic carbocycles. The van der Waals surface area contributed by atoms with Crippen molar-refractivity contribution in [1.82, 2.24) is 0 Å². The first-order chi connectivity index (χ1) is 9.16. The molecule has 102 valence electrons. The van der Waals surface area contributed by atoms with Crippen LogP contribution in [0.25, 0.3) is 10.8 Å². The molecule has 1 heteroatoms. The molecule has 0 aliphatic heterocycles. The first-order valence-corrected chi connectivity index (χ1v) is 7.39. The predicted octanol–water partition coefficient (Wildman–Crippen LogP) is 4.54. The lowest BCUT2D eigenvalue weighted by molar-refractivity contribution is 0.496. The number of fused-ring (bicyclic) bond motifs is 1. The van der Waals surface area contributed by atoms with Crippen LogP contribution in [0.5, 0.6) is 0 Å². The molecule has 2 N–H and O–H groups in total. The van der Waals surface area contributed by atoms with Crippen LogP contribution in [0.1, 0.15) is 38.7 Å². The molecule has 0 aliphatic carbocycles. The van der Waals surface area contributed by atoms with E-state index in [1.807, 2.05) is 0 Å². The molecule has 0 radical (unpaired) electrons. The average molecular weight is 255 g/mol.